The number of hydrogen-bond acceptors (Lipinski definition) is 4. The lowest BCUT2D eigenvalue weighted by atomic mass is 10.1. The van der Waals surface area contributed by atoms with Gasteiger partial charge in [0.1, 0.15) is 10.9 Å². The summed E-state index contributed by atoms with van der Waals surface area (Å²) in [6.45, 7) is 7.88. The third-order valence-electron chi connectivity index (χ3n) is 5.38. The number of carbonyl (C=O) groups is 1. The summed E-state index contributed by atoms with van der Waals surface area (Å²) in [5, 5.41) is 3.28. The number of nitrogens with two attached hydrogens (primary N) is 1. The molecule has 31 heavy (non-hydrogen) atoms. The van der Waals surface area contributed by atoms with Crippen molar-refractivity contribution in [2.45, 2.75) is 26.4 Å². The molecule has 0 fully saturated rings. The number of allylic oxidation sites excluding steroid dienone is 1. The highest BCUT2D eigenvalue weighted by molar-refractivity contribution is 6.00. The Balaban J connectivity index is 1.90. The highest BCUT2D eigenvalue weighted by Crippen LogP contribution is 2.18. The quantitative estimate of drug-likeness (QED) is 0.298. The molecular formula is C24H24N5O2+. The molecule has 1 unspecified atom stereocenters. The van der Waals surface area contributed by atoms with Gasteiger partial charge in [0.15, 0.2) is 0 Å². The van der Waals surface area contributed by atoms with Crippen LogP contribution in [0.3, 0.4) is 0 Å². The van der Waals surface area contributed by atoms with Gasteiger partial charge >= 0.3 is 0 Å². The Morgan fingerprint density at radius 1 is 1.29 bits per heavy atom. The lowest BCUT2D eigenvalue weighted by Gasteiger charge is -2.16. The molecule has 0 radical (unpaired) electrons. The molecule has 7 nitrogen and oxygen atoms in total. The van der Waals surface area contributed by atoms with Crippen molar-refractivity contribution in [1.82, 2.24) is 14.7 Å². The van der Waals surface area contributed by atoms with Crippen LogP contribution in [0.25, 0.3) is 16.7 Å². The maximum Gasteiger partial charge on any atom is 0.278 e. The Hall–Kier alpha value is -4.00. The summed E-state index contributed by atoms with van der Waals surface area (Å²) >= 11 is 0. The summed E-state index contributed by atoms with van der Waals surface area (Å²) in [5.74, 6) is -0.127. The van der Waals surface area contributed by atoms with Gasteiger partial charge in [0.2, 0.25) is 11.5 Å². The molecule has 1 atom stereocenters. The van der Waals surface area contributed by atoms with Gasteiger partial charge in [-0.15, -0.1) is 0 Å². The van der Waals surface area contributed by atoms with Crippen molar-refractivity contribution in [3.05, 3.63) is 94.4 Å². The van der Waals surface area contributed by atoms with Crippen LogP contribution in [0.2, 0.25) is 0 Å². The Kier molecular flexibility index (Phi) is 5.25. The first-order valence-electron chi connectivity index (χ1n) is 10.0. The summed E-state index contributed by atoms with van der Waals surface area (Å²) in [5.41, 5.74) is 9.16. The van der Waals surface area contributed by atoms with Crippen molar-refractivity contribution in [2.75, 3.05) is 5.73 Å². The zero-order chi connectivity index (χ0) is 22.1. The third-order valence-corrected chi connectivity index (χ3v) is 5.38. The Bertz CT molecular complexity index is 1380. The van der Waals surface area contributed by atoms with Crippen LogP contribution in [0.4, 0.5) is 5.82 Å². The number of nitrogens with zero attached hydrogens (tertiary/aromatic N) is 3. The van der Waals surface area contributed by atoms with Crippen LogP contribution in [-0.4, -0.2) is 15.3 Å². The Morgan fingerprint density at radius 3 is 2.74 bits per heavy atom. The highest BCUT2D eigenvalue weighted by atomic mass is 16.2. The van der Waals surface area contributed by atoms with Crippen molar-refractivity contribution >= 4 is 28.4 Å². The minimum absolute atomic E-state index is 0.226. The molecule has 7 heteroatoms. The average Bonchev–Trinajstić information content (AvgIpc) is 2.77. The maximum atomic E-state index is 13.2. The van der Waals surface area contributed by atoms with Crippen LogP contribution in [-0.2, 0) is 6.54 Å². The van der Waals surface area contributed by atoms with Gasteiger partial charge in [0.25, 0.3) is 17.1 Å². The predicted molar refractivity (Wildman–Crippen MR) is 121 cm³/mol. The first-order chi connectivity index (χ1) is 14.9. The predicted octanol–water partition coefficient (Wildman–Crippen LogP) is 2.70. The smallest absolute Gasteiger partial charge is 0.278 e. The van der Waals surface area contributed by atoms with Gasteiger partial charge < -0.3 is 11.1 Å². The van der Waals surface area contributed by atoms with E-state index in [-0.39, 0.29) is 28.9 Å². The monoisotopic (exact) mass is 414 g/mol. The number of aryl methyl sites for hydroxylation is 1. The zero-order valence-electron chi connectivity index (χ0n) is 17.5. The number of pyridine rings is 2. The number of fused-ring (bicyclic) bond motifs is 2. The van der Waals surface area contributed by atoms with Crippen LogP contribution in [0.5, 0.6) is 0 Å². The van der Waals surface area contributed by atoms with Crippen molar-refractivity contribution in [3.8, 4) is 0 Å². The van der Waals surface area contributed by atoms with Crippen molar-refractivity contribution in [2.24, 2.45) is 0 Å². The van der Waals surface area contributed by atoms with E-state index in [4.69, 9.17) is 10.7 Å². The average molecular weight is 414 g/mol. The number of benzene rings is 1. The largest absolute Gasteiger partial charge is 0.345 e. The summed E-state index contributed by atoms with van der Waals surface area (Å²) < 4.78 is 3.14. The number of rotatable bonds is 5. The molecule has 3 heterocycles. The molecule has 0 spiro atoms. The van der Waals surface area contributed by atoms with E-state index in [2.05, 4.69) is 11.9 Å². The molecule has 0 aliphatic carbocycles. The second kappa shape index (κ2) is 8.02. The van der Waals surface area contributed by atoms with Gasteiger partial charge in [-0.3, -0.25) is 14.0 Å². The Labute approximate surface area is 179 Å². The van der Waals surface area contributed by atoms with E-state index >= 15 is 0 Å². The third kappa shape index (κ3) is 3.54. The molecular weight excluding hydrogens is 390 g/mol. The van der Waals surface area contributed by atoms with Gasteiger partial charge in [-0.1, -0.05) is 54.0 Å². The van der Waals surface area contributed by atoms with Gasteiger partial charge in [-0.05, 0) is 31.5 Å². The molecule has 0 bridgehead atoms. The van der Waals surface area contributed by atoms with E-state index in [0.29, 0.717) is 23.2 Å². The molecule has 3 aromatic heterocycles. The van der Waals surface area contributed by atoms with Gasteiger partial charge in [0, 0.05) is 11.8 Å². The molecule has 0 saturated carbocycles. The van der Waals surface area contributed by atoms with Crippen LogP contribution < -0.4 is 21.2 Å². The number of hydrogen-bond donors (Lipinski definition) is 2. The first kappa shape index (κ1) is 20.3. The number of nitrogen functional groups attached to an aromatic ring is 1. The summed E-state index contributed by atoms with van der Waals surface area (Å²) in [6, 6.07) is 14.6. The minimum atomic E-state index is -0.359. The van der Waals surface area contributed by atoms with Gasteiger partial charge in [-0.2, -0.15) is 0 Å². The van der Waals surface area contributed by atoms with Gasteiger partial charge in [0.05, 0.1) is 12.6 Å². The summed E-state index contributed by atoms with van der Waals surface area (Å²) in [6.07, 6.45) is 3.33. The number of nitrogens with one attached hydrogen (secondary N) is 1. The summed E-state index contributed by atoms with van der Waals surface area (Å²) in [7, 11) is 0. The van der Waals surface area contributed by atoms with Crippen LogP contribution >= 0.6 is 0 Å². The van der Waals surface area contributed by atoms with E-state index < -0.39 is 0 Å². The molecule has 0 aliphatic rings. The Morgan fingerprint density at radius 2 is 2.03 bits per heavy atom. The van der Waals surface area contributed by atoms with E-state index in [0.717, 1.165) is 11.1 Å². The summed E-state index contributed by atoms with van der Waals surface area (Å²) in [4.78, 5) is 31.0. The number of carbonyl (C=O) groups excluding carboxylic acids is 1. The fourth-order valence-corrected chi connectivity index (χ4v) is 3.71. The second-order valence-corrected chi connectivity index (χ2v) is 7.49. The topological polar surface area (TPSA) is 93.4 Å². The first-order valence-corrected chi connectivity index (χ1v) is 10.0. The number of amides is 1. The van der Waals surface area contributed by atoms with Crippen LogP contribution in [0.1, 0.15) is 34.5 Å². The lowest BCUT2D eigenvalue weighted by molar-refractivity contribution is -0.648. The number of anilines is 1. The standard InChI is InChI=1S/C24H23N5O2/c1-4-12-28-20(25)18(23(30)26-16(3)17-10-6-5-7-11-17)14-19-22(28)27-21-15(2)9-8-13-29(21)24(19)31/h4-11,13-14,16,25H,1,12H2,2-3H3,(H,26,30)/p+1. The fourth-order valence-electron chi connectivity index (χ4n) is 3.71. The SMILES string of the molecule is C=CC[n+]1c(N)c(C(=O)NC(C)c2ccccc2)cc2c(=O)n3cccc(C)c3nc21. The van der Waals surface area contributed by atoms with Crippen molar-refractivity contribution in [1.29, 1.82) is 0 Å². The van der Waals surface area contributed by atoms with Crippen molar-refractivity contribution < 1.29 is 9.36 Å². The van der Waals surface area contributed by atoms with E-state index in [1.54, 1.807) is 22.9 Å². The molecule has 0 aliphatic heterocycles. The zero-order valence-corrected chi connectivity index (χ0v) is 17.5. The molecule has 1 amide bonds. The molecule has 4 aromatic rings. The molecule has 0 saturated heterocycles. The number of aromatic nitrogens is 3. The molecule has 4 rings (SSSR count). The van der Waals surface area contributed by atoms with Gasteiger partial charge in [-0.25, -0.2) is 4.57 Å². The molecule has 156 valence electrons. The van der Waals surface area contributed by atoms with E-state index in [1.807, 2.05) is 50.2 Å². The van der Waals surface area contributed by atoms with E-state index in [1.165, 1.54) is 10.5 Å². The normalized spacial score (nSPS) is 12.1. The van der Waals surface area contributed by atoms with Crippen LogP contribution in [0, 0.1) is 6.92 Å². The fraction of sp³-hybridized carbons (Fsp3) is 0.167. The second-order valence-electron chi connectivity index (χ2n) is 7.49. The minimum Gasteiger partial charge on any atom is -0.345 e. The lowest BCUT2D eigenvalue weighted by Crippen LogP contribution is -2.42. The van der Waals surface area contributed by atoms with E-state index in [9.17, 15) is 9.59 Å². The van der Waals surface area contributed by atoms with Crippen molar-refractivity contribution in [3.63, 3.8) is 0 Å². The highest BCUT2D eigenvalue weighted by Gasteiger charge is 2.25. The molecule has 3 N–H and O–H groups in total. The molecule has 1 aromatic carbocycles. The van der Waals surface area contributed by atoms with Crippen LogP contribution in [0.15, 0.2) is 72.2 Å². The maximum absolute atomic E-state index is 13.2.